The molecule has 0 saturated carbocycles. The van der Waals surface area contributed by atoms with Gasteiger partial charge in [0.25, 0.3) is 5.91 Å². The first kappa shape index (κ1) is 24.0. The van der Waals surface area contributed by atoms with E-state index in [1.165, 1.54) is 0 Å². The molecule has 0 radical (unpaired) electrons. The van der Waals surface area contributed by atoms with Crippen molar-refractivity contribution < 1.29 is 28.6 Å². The van der Waals surface area contributed by atoms with Gasteiger partial charge in [0.2, 0.25) is 0 Å². The largest absolute Gasteiger partial charge is 0.481 e. The smallest absolute Gasteiger partial charge is 0.407 e. The number of fused-ring (bicyclic) bond motifs is 3. The number of oxazole rings is 1. The van der Waals surface area contributed by atoms with Crippen molar-refractivity contribution in [3.63, 3.8) is 0 Å². The number of ether oxygens (including phenoxy) is 1. The van der Waals surface area contributed by atoms with Gasteiger partial charge < -0.3 is 24.9 Å². The lowest BCUT2D eigenvalue weighted by Crippen LogP contribution is -2.40. The minimum absolute atomic E-state index is 0.0139. The van der Waals surface area contributed by atoms with Crippen molar-refractivity contribution in [3.8, 4) is 11.1 Å². The summed E-state index contributed by atoms with van der Waals surface area (Å²) in [6.45, 7) is 3.69. The lowest BCUT2D eigenvalue weighted by atomic mass is 9.98. The van der Waals surface area contributed by atoms with Crippen LogP contribution in [0.2, 0.25) is 0 Å². The maximum Gasteiger partial charge on any atom is 0.407 e. The van der Waals surface area contributed by atoms with Gasteiger partial charge in [0.05, 0.1) is 13.0 Å². The number of aliphatic carboxylic acids is 1. The highest BCUT2D eigenvalue weighted by Gasteiger charge is 2.29. The monoisotopic (exact) mass is 477 g/mol. The fourth-order valence-electron chi connectivity index (χ4n) is 4.26. The molecule has 35 heavy (non-hydrogen) atoms. The van der Waals surface area contributed by atoms with Gasteiger partial charge in [-0.05, 0) is 28.2 Å². The van der Waals surface area contributed by atoms with Gasteiger partial charge in [-0.15, -0.1) is 0 Å². The van der Waals surface area contributed by atoms with Gasteiger partial charge in [0.1, 0.15) is 6.61 Å². The minimum Gasteiger partial charge on any atom is -0.481 e. The number of hydrogen-bond donors (Lipinski definition) is 3. The molecular formula is C26H27N3O6. The van der Waals surface area contributed by atoms with Gasteiger partial charge in [-0.1, -0.05) is 62.4 Å². The summed E-state index contributed by atoms with van der Waals surface area (Å²) >= 11 is 0. The number of carboxylic acids is 1. The molecule has 182 valence electrons. The van der Waals surface area contributed by atoms with E-state index in [9.17, 15) is 14.4 Å². The predicted octanol–water partition coefficient (Wildman–Crippen LogP) is 3.94. The SMILES string of the molecule is CC(C)C(CC(=O)O)NC(=O)c1ncoc1CNC(=O)OCC1c2ccccc2-c2ccccc21. The molecule has 4 rings (SSSR count). The minimum atomic E-state index is -1.01. The fraction of sp³-hybridized carbons (Fsp3) is 0.308. The number of hydrogen-bond acceptors (Lipinski definition) is 6. The maximum atomic E-state index is 12.6. The van der Waals surface area contributed by atoms with E-state index in [1.54, 1.807) is 0 Å². The number of nitrogens with one attached hydrogen (secondary N) is 2. The average molecular weight is 478 g/mol. The number of aromatic nitrogens is 1. The molecule has 1 aliphatic carbocycles. The molecule has 1 atom stereocenters. The molecule has 1 aliphatic rings. The third-order valence-electron chi connectivity index (χ3n) is 6.11. The van der Waals surface area contributed by atoms with Crippen molar-refractivity contribution in [2.75, 3.05) is 6.61 Å². The van der Waals surface area contributed by atoms with Crippen LogP contribution in [-0.2, 0) is 16.1 Å². The standard InChI is InChI=1S/C26H27N3O6/c1-15(2)21(11-23(30)31)29-25(32)24-22(35-14-28-24)12-27-26(33)34-13-20-18-9-5-3-7-16(18)17-8-4-6-10-19(17)20/h3-10,14-15,20-21H,11-13H2,1-2H3,(H,27,33)(H,29,32)(H,30,31). The Kier molecular flexibility index (Phi) is 7.14. The second-order valence-electron chi connectivity index (χ2n) is 8.73. The van der Waals surface area contributed by atoms with Crippen LogP contribution in [0.3, 0.4) is 0 Å². The summed E-state index contributed by atoms with van der Waals surface area (Å²) in [6, 6.07) is 15.5. The van der Waals surface area contributed by atoms with Crippen LogP contribution in [0.15, 0.2) is 59.3 Å². The first-order chi connectivity index (χ1) is 16.8. The Balaban J connectivity index is 1.35. The number of carbonyl (C=O) groups excluding carboxylic acids is 2. The summed E-state index contributed by atoms with van der Waals surface area (Å²) < 4.78 is 10.8. The van der Waals surface area contributed by atoms with E-state index in [0.717, 1.165) is 28.6 Å². The van der Waals surface area contributed by atoms with Crippen LogP contribution in [0.1, 0.15) is 53.6 Å². The number of carbonyl (C=O) groups is 3. The van der Waals surface area contributed by atoms with E-state index in [0.29, 0.717) is 0 Å². The topological polar surface area (TPSA) is 131 Å². The molecule has 3 aromatic rings. The highest BCUT2D eigenvalue weighted by Crippen LogP contribution is 2.44. The van der Waals surface area contributed by atoms with Gasteiger partial charge >= 0.3 is 12.1 Å². The summed E-state index contributed by atoms with van der Waals surface area (Å²) in [5.41, 5.74) is 4.47. The number of alkyl carbamates (subject to hydrolysis) is 1. The Hall–Kier alpha value is -4.14. The zero-order valence-electron chi connectivity index (χ0n) is 19.5. The Morgan fingerprint density at radius 3 is 2.29 bits per heavy atom. The average Bonchev–Trinajstić information content (AvgIpc) is 3.43. The van der Waals surface area contributed by atoms with Crippen molar-refractivity contribution in [2.45, 2.75) is 38.8 Å². The summed E-state index contributed by atoms with van der Waals surface area (Å²) in [4.78, 5) is 40.1. The quantitative estimate of drug-likeness (QED) is 0.425. The zero-order chi connectivity index (χ0) is 24.9. The highest BCUT2D eigenvalue weighted by atomic mass is 16.5. The van der Waals surface area contributed by atoms with Crippen LogP contribution in [0.25, 0.3) is 11.1 Å². The van der Waals surface area contributed by atoms with E-state index in [1.807, 2.05) is 50.2 Å². The first-order valence-corrected chi connectivity index (χ1v) is 11.4. The van der Waals surface area contributed by atoms with Crippen LogP contribution in [0.5, 0.6) is 0 Å². The predicted molar refractivity (Wildman–Crippen MR) is 127 cm³/mol. The van der Waals surface area contributed by atoms with Crippen LogP contribution < -0.4 is 10.6 Å². The highest BCUT2D eigenvalue weighted by molar-refractivity contribution is 5.93. The van der Waals surface area contributed by atoms with Crippen LogP contribution in [0, 0.1) is 5.92 Å². The molecule has 9 nitrogen and oxygen atoms in total. The van der Waals surface area contributed by atoms with Crippen molar-refractivity contribution in [1.82, 2.24) is 15.6 Å². The molecule has 1 aromatic heterocycles. The molecule has 0 spiro atoms. The maximum absolute atomic E-state index is 12.6. The lowest BCUT2D eigenvalue weighted by Gasteiger charge is -2.20. The molecule has 0 bridgehead atoms. The zero-order valence-corrected chi connectivity index (χ0v) is 19.5. The molecule has 1 heterocycles. The van der Waals surface area contributed by atoms with Crippen molar-refractivity contribution in [1.29, 1.82) is 0 Å². The van der Waals surface area contributed by atoms with Crippen LogP contribution in [-0.4, -0.2) is 40.7 Å². The Morgan fingerprint density at radius 1 is 1.06 bits per heavy atom. The van der Waals surface area contributed by atoms with Gasteiger partial charge in [-0.3, -0.25) is 9.59 Å². The van der Waals surface area contributed by atoms with Gasteiger partial charge in [0, 0.05) is 12.0 Å². The summed E-state index contributed by atoms with van der Waals surface area (Å²) in [6.07, 6.45) is 0.236. The van der Waals surface area contributed by atoms with Crippen molar-refractivity contribution >= 4 is 18.0 Å². The molecule has 3 N–H and O–H groups in total. The van der Waals surface area contributed by atoms with E-state index in [4.69, 9.17) is 14.3 Å². The summed E-state index contributed by atoms with van der Waals surface area (Å²) in [7, 11) is 0. The van der Waals surface area contributed by atoms with Gasteiger partial charge in [0.15, 0.2) is 17.8 Å². The van der Waals surface area contributed by atoms with Gasteiger partial charge in [-0.2, -0.15) is 0 Å². The molecule has 0 saturated heterocycles. The first-order valence-electron chi connectivity index (χ1n) is 11.4. The van der Waals surface area contributed by atoms with E-state index >= 15 is 0 Å². The third-order valence-corrected chi connectivity index (χ3v) is 6.11. The second-order valence-corrected chi connectivity index (χ2v) is 8.73. The molecule has 2 aromatic carbocycles. The molecule has 0 aliphatic heterocycles. The van der Waals surface area contributed by atoms with Crippen LogP contribution in [0.4, 0.5) is 4.79 Å². The number of amides is 2. The fourth-order valence-corrected chi connectivity index (χ4v) is 4.26. The van der Waals surface area contributed by atoms with Gasteiger partial charge in [-0.25, -0.2) is 9.78 Å². The van der Waals surface area contributed by atoms with Crippen molar-refractivity contribution in [3.05, 3.63) is 77.5 Å². The van der Waals surface area contributed by atoms with Crippen LogP contribution >= 0.6 is 0 Å². The third kappa shape index (κ3) is 5.34. The summed E-state index contributed by atoms with van der Waals surface area (Å²) in [5.74, 6) is -1.59. The Labute approximate surface area is 202 Å². The molecule has 9 heteroatoms. The lowest BCUT2D eigenvalue weighted by molar-refractivity contribution is -0.137. The molecular weight excluding hydrogens is 450 g/mol. The second kappa shape index (κ2) is 10.4. The number of rotatable bonds is 9. The molecule has 0 fully saturated rings. The Morgan fingerprint density at radius 2 is 1.69 bits per heavy atom. The van der Waals surface area contributed by atoms with E-state index in [-0.39, 0.29) is 42.9 Å². The number of benzene rings is 2. The van der Waals surface area contributed by atoms with E-state index in [2.05, 4.69) is 27.8 Å². The number of carboxylic acid groups (broad SMARTS) is 1. The van der Waals surface area contributed by atoms with E-state index < -0.39 is 24.0 Å². The Bertz CT molecular complexity index is 1190. The summed E-state index contributed by atoms with van der Waals surface area (Å²) in [5, 5.41) is 14.3. The van der Waals surface area contributed by atoms with Crippen molar-refractivity contribution in [2.24, 2.45) is 5.92 Å². The molecule has 1 unspecified atom stereocenters. The normalized spacial score (nSPS) is 13.1. The molecule has 2 amide bonds. The number of nitrogens with zero attached hydrogens (tertiary/aromatic N) is 1.